The normalized spacial score (nSPS) is 48.6. The number of rotatable bonds is 6. The summed E-state index contributed by atoms with van der Waals surface area (Å²) in [7, 11) is 1.50. The average Bonchev–Trinajstić information content (AvgIpc) is 2.81. The summed E-state index contributed by atoms with van der Waals surface area (Å²) in [5, 5.41) is 50.5. The van der Waals surface area contributed by atoms with E-state index in [1.807, 2.05) is 0 Å². The van der Waals surface area contributed by atoms with Crippen LogP contribution in [0.3, 0.4) is 0 Å². The standard InChI is InChI=1S/C18H36N4O9.CH5N/c19-4-10-8(24)3-7(21)17(29-10)28-9-2-1-6(20)16(14(9)26)31-18-15(27)12(22)13(25)11(5-23)30-18;1-2/h6-18,23-27H,1-5,19-22H2;2H2,1H3/t6-,7-,8+,9-,10-,11-,12-,13-,14+,15-,16+,17+,18-;/m1./s1. The minimum Gasteiger partial charge on any atom is -0.394 e. The van der Waals surface area contributed by atoms with Crippen LogP contribution in [0, 0.1) is 0 Å². The van der Waals surface area contributed by atoms with Gasteiger partial charge in [-0.1, -0.05) is 0 Å². The van der Waals surface area contributed by atoms with Gasteiger partial charge in [-0.15, -0.1) is 0 Å². The predicted molar refractivity (Wildman–Crippen MR) is 115 cm³/mol. The van der Waals surface area contributed by atoms with Crippen molar-refractivity contribution in [3.63, 3.8) is 0 Å². The third kappa shape index (κ3) is 6.56. The van der Waals surface area contributed by atoms with Gasteiger partial charge in [-0.25, -0.2) is 0 Å². The summed E-state index contributed by atoms with van der Waals surface area (Å²) in [6, 6.07) is -2.33. The Morgan fingerprint density at radius 1 is 0.818 bits per heavy atom. The highest BCUT2D eigenvalue weighted by Crippen LogP contribution is 2.31. The zero-order chi connectivity index (χ0) is 24.9. The number of ether oxygens (including phenoxy) is 4. The molecule has 2 aliphatic heterocycles. The zero-order valence-corrected chi connectivity index (χ0v) is 18.8. The molecule has 0 aromatic heterocycles. The molecule has 0 spiro atoms. The molecule has 0 bridgehead atoms. The van der Waals surface area contributed by atoms with E-state index >= 15 is 0 Å². The van der Waals surface area contributed by atoms with Gasteiger partial charge in [-0.3, -0.25) is 0 Å². The first-order chi connectivity index (χ1) is 15.7. The Bertz CT molecular complexity index is 580. The summed E-state index contributed by atoms with van der Waals surface area (Å²) >= 11 is 0. The van der Waals surface area contributed by atoms with Gasteiger partial charge >= 0.3 is 0 Å². The van der Waals surface area contributed by atoms with Gasteiger partial charge in [0.25, 0.3) is 0 Å². The molecule has 14 nitrogen and oxygen atoms in total. The summed E-state index contributed by atoms with van der Waals surface area (Å²) in [5.41, 5.74) is 28.1. The number of hydrogen-bond acceptors (Lipinski definition) is 14. The molecule has 3 aliphatic rings. The molecule has 0 amide bonds. The fourth-order valence-electron chi connectivity index (χ4n) is 4.29. The van der Waals surface area contributed by atoms with E-state index in [1.165, 1.54) is 7.05 Å². The van der Waals surface area contributed by atoms with Gasteiger partial charge in [-0.2, -0.15) is 0 Å². The summed E-state index contributed by atoms with van der Waals surface area (Å²) in [6.07, 6.45) is -9.26. The largest absolute Gasteiger partial charge is 0.394 e. The van der Waals surface area contributed by atoms with Crippen molar-refractivity contribution >= 4 is 0 Å². The molecule has 2 saturated heterocycles. The van der Waals surface area contributed by atoms with Crippen molar-refractivity contribution in [2.24, 2.45) is 28.7 Å². The second-order valence-electron chi connectivity index (χ2n) is 8.54. The van der Waals surface area contributed by atoms with Crippen molar-refractivity contribution in [3.05, 3.63) is 0 Å². The molecule has 196 valence electrons. The van der Waals surface area contributed by atoms with Crippen LogP contribution in [0.15, 0.2) is 0 Å². The molecule has 3 rings (SSSR count). The number of aliphatic hydroxyl groups is 5. The topological polar surface area (TPSA) is 268 Å². The van der Waals surface area contributed by atoms with Crippen molar-refractivity contribution in [3.8, 4) is 0 Å². The summed E-state index contributed by atoms with van der Waals surface area (Å²) in [5.74, 6) is 0. The van der Waals surface area contributed by atoms with Crippen LogP contribution >= 0.6 is 0 Å². The highest BCUT2D eigenvalue weighted by atomic mass is 16.7. The third-order valence-electron chi connectivity index (χ3n) is 6.30. The lowest BCUT2D eigenvalue weighted by Crippen LogP contribution is -2.65. The Labute approximate surface area is 192 Å². The zero-order valence-electron chi connectivity index (χ0n) is 18.8. The van der Waals surface area contributed by atoms with Gasteiger partial charge in [0.1, 0.15) is 30.5 Å². The molecule has 2 heterocycles. The molecular weight excluding hydrogens is 442 g/mol. The maximum Gasteiger partial charge on any atom is 0.186 e. The van der Waals surface area contributed by atoms with Crippen LogP contribution in [-0.2, 0) is 18.9 Å². The minimum atomic E-state index is -1.40. The van der Waals surface area contributed by atoms with E-state index in [2.05, 4.69) is 5.73 Å². The van der Waals surface area contributed by atoms with E-state index in [4.69, 9.17) is 41.9 Å². The van der Waals surface area contributed by atoms with Crippen molar-refractivity contribution in [1.29, 1.82) is 0 Å². The Kier molecular flexibility index (Phi) is 11.2. The van der Waals surface area contributed by atoms with Gasteiger partial charge in [0, 0.05) is 12.6 Å². The lowest BCUT2D eigenvalue weighted by molar-refractivity contribution is -0.313. The summed E-state index contributed by atoms with van der Waals surface area (Å²) < 4.78 is 22.7. The highest BCUT2D eigenvalue weighted by molar-refractivity contribution is 4.96. The Balaban J connectivity index is 0.00000187. The van der Waals surface area contributed by atoms with Crippen molar-refractivity contribution in [2.75, 3.05) is 20.2 Å². The van der Waals surface area contributed by atoms with E-state index in [0.29, 0.717) is 12.8 Å². The summed E-state index contributed by atoms with van der Waals surface area (Å²) in [4.78, 5) is 0. The van der Waals surface area contributed by atoms with Crippen molar-refractivity contribution < 1.29 is 44.5 Å². The Morgan fingerprint density at radius 3 is 2.06 bits per heavy atom. The van der Waals surface area contributed by atoms with Crippen LogP contribution in [0.1, 0.15) is 19.3 Å². The molecule has 14 heteroatoms. The maximum absolute atomic E-state index is 10.9. The Morgan fingerprint density at radius 2 is 1.45 bits per heavy atom. The van der Waals surface area contributed by atoms with Crippen LogP contribution in [0.2, 0.25) is 0 Å². The van der Waals surface area contributed by atoms with E-state index in [9.17, 15) is 25.5 Å². The van der Waals surface area contributed by atoms with Crippen molar-refractivity contribution in [1.82, 2.24) is 0 Å². The molecule has 0 radical (unpaired) electrons. The van der Waals surface area contributed by atoms with Crippen LogP contribution in [0.25, 0.3) is 0 Å². The molecule has 0 unspecified atom stereocenters. The van der Waals surface area contributed by atoms with Crippen molar-refractivity contribution in [2.45, 2.75) is 98.8 Å². The highest BCUT2D eigenvalue weighted by Gasteiger charge is 2.48. The van der Waals surface area contributed by atoms with E-state index in [1.54, 1.807) is 0 Å². The van der Waals surface area contributed by atoms with Crippen LogP contribution in [0.4, 0.5) is 0 Å². The van der Waals surface area contributed by atoms with Gasteiger partial charge in [0.2, 0.25) is 0 Å². The molecule has 0 aromatic rings. The first-order valence-electron chi connectivity index (χ1n) is 11.2. The van der Waals surface area contributed by atoms with Gasteiger partial charge in [-0.05, 0) is 26.3 Å². The molecule has 0 aromatic carbocycles. The maximum atomic E-state index is 10.9. The second kappa shape index (κ2) is 12.9. The predicted octanol–water partition coefficient (Wildman–Crippen LogP) is -5.66. The van der Waals surface area contributed by atoms with E-state index in [-0.39, 0.29) is 13.0 Å². The fourth-order valence-corrected chi connectivity index (χ4v) is 4.29. The lowest BCUT2D eigenvalue weighted by Gasteiger charge is -2.46. The number of hydrogen-bond donors (Lipinski definition) is 10. The van der Waals surface area contributed by atoms with Gasteiger partial charge in [0.15, 0.2) is 12.6 Å². The Hall–Kier alpha value is -0.560. The van der Waals surface area contributed by atoms with Crippen LogP contribution in [0.5, 0.6) is 0 Å². The lowest BCUT2D eigenvalue weighted by atomic mass is 9.87. The monoisotopic (exact) mass is 483 g/mol. The molecular formula is C19H41N5O9. The first-order valence-corrected chi connectivity index (χ1v) is 11.2. The molecule has 3 fully saturated rings. The molecule has 1 aliphatic carbocycles. The van der Waals surface area contributed by atoms with Crippen LogP contribution in [-0.4, -0.2) is 125 Å². The molecule has 33 heavy (non-hydrogen) atoms. The van der Waals surface area contributed by atoms with Gasteiger partial charge < -0.3 is 73.1 Å². The first kappa shape index (κ1) is 28.7. The fraction of sp³-hybridized carbons (Fsp3) is 1.00. The number of nitrogens with two attached hydrogens (primary N) is 5. The van der Waals surface area contributed by atoms with E-state index < -0.39 is 86.1 Å². The average molecular weight is 484 g/mol. The minimum absolute atomic E-state index is 0.0899. The number of aliphatic hydroxyl groups excluding tert-OH is 5. The summed E-state index contributed by atoms with van der Waals surface area (Å²) in [6.45, 7) is -0.440. The second-order valence-corrected chi connectivity index (χ2v) is 8.54. The van der Waals surface area contributed by atoms with Gasteiger partial charge in [0.05, 0.1) is 37.0 Å². The smallest absolute Gasteiger partial charge is 0.186 e. The molecule has 1 saturated carbocycles. The SMILES string of the molecule is CN.NC[C@H]1O[C@H](O[C@@H]2CC[C@@H](N)[C@H](O[C@H]3O[C@H](CO)[C@@H](O)[C@@H](N)[C@H]3O)[C@H]2O)[C@H](N)C[C@@H]1O. The van der Waals surface area contributed by atoms with Crippen LogP contribution < -0.4 is 28.7 Å². The quantitative estimate of drug-likeness (QED) is 0.169. The van der Waals surface area contributed by atoms with E-state index in [0.717, 1.165) is 0 Å². The molecule has 13 atom stereocenters. The third-order valence-corrected chi connectivity index (χ3v) is 6.30. The molecule has 15 N–H and O–H groups in total.